The molecule has 0 aromatic carbocycles. The van der Waals surface area contributed by atoms with Crippen LogP contribution in [0.4, 0.5) is 0 Å². The van der Waals surface area contributed by atoms with Crippen molar-refractivity contribution in [2.45, 2.75) is 32.6 Å². The maximum atomic E-state index is 5.65. The number of fused-ring (bicyclic) bond motifs is 2. The van der Waals surface area contributed by atoms with Gasteiger partial charge in [0.25, 0.3) is 0 Å². The first kappa shape index (κ1) is 9.95. The van der Waals surface area contributed by atoms with Crippen molar-refractivity contribution in [3.8, 4) is 0 Å². The summed E-state index contributed by atoms with van der Waals surface area (Å²) in [6, 6.07) is 0. The number of hydrogen-bond donors (Lipinski definition) is 0. The highest BCUT2D eigenvalue weighted by atomic mass is 16.3. The van der Waals surface area contributed by atoms with Crippen molar-refractivity contribution in [3.63, 3.8) is 0 Å². The summed E-state index contributed by atoms with van der Waals surface area (Å²) in [6.07, 6.45) is 6.29. The molecule has 2 aliphatic rings. The summed E-state index contributed by atoms with van der Waals surface area (Å²) in [5, 5.41) is 0. The molecule has 3 rings (SSSR count). The molecule has 2 aliphatic carbocycles. The summed E-state index contributed by atoms with van der Waals surface area (Å²) < 4.78 is 5.65. The molecular formula is C15H18O. The largest absolute Gasteiger partial charge is 0.468 e. The molecule has 0 aliphatic heterocycles. The molecule has 0 amide bonds. The fourth-order valence-corrected chi connectivity index (χ4v) is 3.31. The van der Waals surface area contributed by atoms with Gasteiger partial charge in [-0.2, -0.15) is 0 Å². The SMILES string of the molecule is C=C1CC2Cc3c(C)coc3CC(=C)C2C1. The van der Waals surface area contributed by atoms with Crippen LogP contribution in [0.25, 0.3) is 0 Å². The maximum Gasteiger partial charge on any atom is 0.111 e. The Labute approximate surface area is 96.8 Å². The second-order valence-electron chi connectivity index (χ2n) is 5.38. The van der Waals surface area contributed by atoms with Gasteiger partial charge in [0.05, 0.1) is 6.26 Å². The topological polar surface area (TPSA) is 13.1 Å². The van der Waals surface area contributed by atoms with Crippen molar-refractivity contribution in [1.82, 2.24) is 0 Å². The lowest BCUT2D eigenvalue weighted by Gasteiger charge is -2.17. The molecule has 1 saturated carbocycles. The van der Waals surface area contributed by atoms with Crippen molar-refractivity contribution in [2.24, 2.45) is 11.8 Å². The lowest BCUT2D eigenvalue weighted by atomic mass is 9.87. The van der Waals surface area contributed by atoms with Crippen LogP contribution in [0.1, 0.15) is 29.7 Å². The third-order valence-electron chi connectivity index (χ3n) is 4.20. The van der Waals surface area contributed by atoms with Crippen LogP contribution in [-0.2, 0) is 12.8 Å². The van der Waals surface area contributed by atoms with E-state index in [9.17, 15) is 0 Å². The highest BCUT2D eigenvalue weighted by molar-refractivity contribution is 5.35. The number of allylic oxidation sites excluding steroid dienone is 2. The zero-order chi connectivity index (χ0) is 11.3. The van der Waals surface area contributed by atoms with E-state index in [0.29, 0.717) is 5.92 Å². The monoisotopic (exact) mass is 214 g/mol. The Bertz CT molecular complexity index is 464. The van der Waals surface area contributed by atoms with E-state index in [1.807, 2.05) is 6.26 Å². The van der Waals surface area contributed by atoms with Crippen LogP contribution < -0.4 is 0 Å². The number of hydrogen-bond acceptors (Lipinski definition) is 1. The molecule has 1 aromatic rings. The lowest BCUT2D eigenvalue weighted by Crippen LogP contribution is -2.10. The van der Waals surface area contributed by atoms with E-state index in [4.69, 9.17) is 4.42 Å². The summed E-state index contributed by atoms with van der Waals surface area (Å²) >= 11 is 0. The first-order chi connectivity index (χ1) is 7.65. The predicted molar refractivity (Wildman–Crippen MR) is 65.3 cm³/mol. The molecule has 2 atom stereocenters. The minimum Gasteiger partial charge on any atom is -0.468 e. The average molecular weight is 214 g/mol. The molecule has 0 saturated heterocycles. The second-order valence-corrected chi connectivity index (χ2v) is 5.38. The number of furan rings is 1. The Morgan fingerprint density at radius 3 is 2.88 bits per heavy atom. The molecule has 0 spiro atoms. The van der Waals surface area contributed by atoms with Gasteiger partial charge in [0, 0.05) is 6.42 Å². The van der Waals surface area contributed by atoms with Crippen LogP contribution in [-0.4, -0.2) is 0 Å². The van der Waals surface area contributed by atoms with Gasteiger partial charge in [0.15, 0.2) is 0 Å². The molecule has 1 nitrogen and oxygen atoms in total. The second kappa shape index (κ2) is 3.38. The van der Waals surface area contributed by atoms with Gasteiger partial charge >= 0.3 is 0 Å². The minimum absolute atomic E-state index is 0.648. The molecule has 1 heteroatoms. The first-order valence-electron chi connectivity index (χ1n) is 6.05. The smallest absolute Gasteiger partial charge is 0.111 e. The van der Waals surface area contributed by atoms with E-state index >= 15 is 0 Å². The van der Waals surface area contributed by atoms with Crippen LogP contribution in [0.2, 0.25) is 0 Å². The van der Waals surface area contributed by atoms with Crippen LogP contribution in [0.15, 0.2) is 35.0 Å². The Hall–Kier alpha value is -1.24. The molecule has 0 N–H and O–H groups in total. The van der Waals surface area contributed by atoms with Gasteiger partial charge in [0.1, 0.15) is 5.76 Å². The zero-order valence-corrected chi connectivity index (χ0v) is 9.88. The molecule has 1 heterocycles. The van der Waals surface area contributed by atoms with Crippen molar-refractivity contribution >= 4 is 0 Å². The Balaban J connectivity index is 2.01. The van der Waals surface area contributed by atoms with Gasteiger partial charge in [0.2, 0.25) is 0 Å². The van der Waals surface area contributed by atoms with Crippen molar-refractivity contribution in [2.75, 3.05) is 0 Å². The fourth-order valence-electron chi connectivity index (χ4n) is 3.31. The summed E-state index contributed by atoms with van der Waals surface area (Å²) in [5.74, 6) is 2.52. The summed E-state index contributed by atoms with van der Waals surface area (Å²) in [6.45, 7) is 10.6. The standard InChI is InChI=1S/C15H18O/c1-9-4-12-7-14-11(3)8-16-15(14)6-10(2)13(12)5-9/h8,12-13H,1-2,4-7H2,3H3. The average Bonchev–Trinajstić information content (AvgIpc) is 2.72. The number of aryl methyl sites for hydroxylation is 1. The molecule has 1 fully saturated rings. The summed E-state index contributed by atoms with van der Waals surface area (Å²) in [5.41, 5.74) is 5.49. The van der Waals surface area contributed by atoms with E-state index in [1.165, 1.54) is 28.7 Å². The van der Waals surface area contributed by atoms with Gasteiger partial charge in [-0.1, -0.05) is 24.3 Å². The van der Waals surface area contributed by atoms with Crippen LogP contribution in [0.5, 0.6) is 0 Å². The molecule has 1 aromatic heterocycles. The third kappa shape index (κ3) is 1.38. The van der Waals surface area contributed by atoms with E-state index in [0.717, 1.165) is 30.9 Å². The number of rotatable bonds is 0. The van der Waals surface area contributed by atoms with E-state index < -0.39 is 0 Å². The van der Waals surface area contributed by atoms with Gasteiger partial charge in [-0.05, 0) is 49.1 Å². The Morgan fingerprint density at radius 1 is 1.25 bits per heavy atom. The van der Waals surface area contributed by atoms with E-state index in [-0.39, 0.29) is 0 Å². The van der Waals surface area contributed by atoms with E-state index in [2.05, 4.69) is 20.1 Å². The Kier molecular flexibility index (Phi) is 2.10. The van der Waals surface area contributed by atoms with Gasteiger partial charge in [-0.3, -0.25) is 0 Å². The highest BCUT2D eigenvalue weighted by Gasteiger charge is 2.35. The van der Waals surface area contributed by atoms with Crippen LogP contribution >= 0.6 is 0 Å². The van der Waals surface area contributed by atoms with E-state index in [1.54, 1.807) is 0 Å². The van der Waals surface area contributed by atoms with Gasteiger partial charge < -0.3 is 4.42 Å². The molecular weight excluding hydrogens is 196 g/mol. The van der Waals surface area contributed by atoms with Gasteiger partial charge in [-0.15, -0.1) is 0 Å². The molecule has 84 valence electrons. The molecule has 2 unspecified atom stereocenters. The zero-order valence-electron chi connectivity index (χ0n) is 9.88. The lowest BCUT2D eigenvalue weighted by molar-refractivity contribution is 0.440. The summed E-state index contributed by atoms with van der Waals surface area (Å²) in [7, 11) is 0. The Morgan fingerprint density at radius 2 is 2.06 bits per heavy atom. The van der Waals surface area contributed by atoms with Crippen molar-refractivity contribution in [3.05, 3.63) is 47.5 Å². The normalized spacial score (nSPS) is 28.8. The molecule has 0 radical (unpaired) electrons. The van der Waals surface area contributed by atoms with Crippen LogP contribution in [0, 0.1) is 18.8 Å². The molecule has 0 bridgehead atoms. The molecule has 16 heavy (non-hydrogen) atoms. The first-order valence-corrected chi connectivity index (χ1v) is 6.05. The van der Waals surface area contributed by atoms with Crippen LogP contribution in [0.3, 0.4) is 0 Å². The van der Waals surface area contributed by atoms with Crippen molar-refractivity contribution < 1.29 is 4.42 Å². The quantitative estimate of drug-likeness (QED) is 0.598. The summed E-state index contributed by atoms with van der Waals surface area (Å²) in [4.78, 5) is 0. The van der Waals surface area contributed by atoms with Gasteiger partial charge in [-0.25, -0.2) is 0 Å². The van der Waals surface area contributed by atoms with Crippen molar-refractivity contribution in [1.29, 1.82) is 0 Å². The predicted octanol–water partition coefficient (Wildman–Crippen LogP) is 3.83. The maximum absolute atomic E-state index is 5.65. The fraction of sp³-hybridized carbons (Fsp3) is 0.467. The minimum atomic E-state index is 0.648. The highest BCUT2D eigenvalue weighted by Crippen LogP contribution is 2.45. The third-order valence-corrected chi connectivity index (χ3v) is 4.20.